The molecule has 2 aromatic rings. The van der Waals surface area contributed by atoms with Crippen LogP contribution in [0.3, 0.4) is 0 Å². The Hall–Kier alpha value is -1.63. The molecular formula is C11H14N4O2S. The first kappa shape index (κ1) is 11.5. The Morgan fingerprint density at radius 3 is 2.94 bits per heavy atom. The van der Waals surface area contributed by atoms with Gasteiger partial charge in [0, 0.05) is 6.42 Å². The largest absolute Gasteiger partial charge is 0.385 e. The number of aromatic nitrogens is 3. The van der Waals surface area contributed by atoms with Gasteiger partial charge in [0.2, 0.25) is 0 Å². The third-order valence-electron chi connectivity index (χ3n) is 3.40. The Morgan fingerprint density at radius 2 is 2.22 bits per heavy atom. The molecule has 0 saturated carbocycles. The van der Waals surface area contributed by atoms with Gasteiger partial charge in [0.05, 0.1) is 11.0 Å². The Balaban J connectivity index is 2.01. The first-order chi connectivity index (χ1) is 8.58. The van der Waals surface area contributed by atoms with E-state index >= 15 is 0 Å². The zero-order valence-electron chi connectivity index (χ0n) is 9.78. The average Bonchev–Trinajstić information content (AvgIpc) is 2.85. The average molecular weight is 266 g/mol. The molecular weight excluding hydrogens is 252 g/mol. The molecule has 7 heteroatoms. The van der Waals surface area contributed by atoms with Crippen molar-refractivity contribution in [3.8, 4) is 0 Å². The molecule has 3 heterocycles. The Bertz CT molecular complexity index is 692. The zero-order chi connectivity index (χ0) is 12.8. The normalized spacial score (nSPS) is 22.6. The lowest BCUT2D eigenvalue weighted by atomic mass is 10.2. The third-order valence-corrected chi connectivity index (χ3v) is 5.67. The molecule has 0 aliphatic carbocycles. The number of rotatable bonds is 2. The molecule has 18 heavy (non-hydrogen) atoms. The number of pyridine rings is 1. The number of fused-ring (bicyclic) bond motifs is 1. The summed E-state index contributed by atoms with van der Waals surface area (Å²) in [5, 5.41) is 7.72. The van der Waals surface area contributed by atoms with E-state index in [2.05, 4.69) is 10.2 Å². The fraction of sp³-hybridized carbons (Fsp3) is 0.455. The predicted octanol–water partition coefficient (Wildman–Crippen LogP) is 0.431. The maximum atomic E-state index is 11.8. The van der Waals surface area contributed by atoms with Gasteiger partial charge in [0.25, 0.3) is 0 Å². The van der Waals surface area contributed by atoms with Crippen LogP contribution < -0.4 is 5.73 Å². The first-order valence-electron chi connectivity index (χ1n) is 5.88. The Morgan fingerprint density at radius 1 is 1.39 bits per heavy atom. The Labute approximate surface area is 105 Å². The molecule has 96 valence electrons. The van der Waals surface area contributed by atoms with Crippen LogP contribution in [0.15, 0.2) is 18.2 Å². The van der Waals surface area contributed by atoms with Gasteiger partial charge in [-0.2, -0.15) is 0 Å². The molecule has 0 aromatic carbocycles. The van der Waals surface area contributed by atoms with E-state index in [1.165, 1.54) is 0 Å². The van der Waals surface area contributed by atoms with E-state index in [1.54, 1.807) is 22.6 Å². The van der Waals surface area contributed by atoms with E-state index < -0.39 is 9.84 Å². The summed E-state index contributed by atoms with van der Waals surface area (Å²) >= 11 is 0. The lowest BCUT2D eigenvalue weighted by Gasteiger charge is -2.08. The van der Waals surface area contributed by atoms with Crippen LogP contribution in [-0.4, -0.2) is 34.0 Å². The van der Waals surface area contributed by atoms with Crippen molar-refractivity contribution >= 4 is 21.3 Å². The quantitative estimate of drug-likeness (QED) is 0.851. The monoisotopic (exact) mass is 266 g/mol. The van der Waals surface area contributed by atoms with Crippen molar-refractivity contribution in [2.24, 2.45) is 0 Å². The summed E-state index contributed by atoms with van der Waals surface area (Å²) in [5.74, 6) is 1.44. The molecule has 0 bridgehead atoms. The maximum Gasteiger partial charge on any atom is 0.162 e. The number of nitrogen functional groups attached to an aromatic ring is 1. The minimum atomic E-state index is -2.97. The molecule has 0 spiro atoms. The molecule has 6 nitrogen and oxygen atoms in total. The lowest BCUT2D eigenvalue weighted by Crippen LogP contribution is -2.20. The van der Waals surface area contributed by atoms with E-state index in [0.717, 1.165) is 6.42 Å². The molecule has 1 saturated heterocycles. The van der Waals surface area contributed by atoms with Crippen LogP contribution in [-0.2, 0) is 16.3 Å². The molecule has 2 aromatic heterocycles. The van der Waals surface area contributed by atoms with Crippen molar-refractivity contribution < 1.29 is 8.42 Å². The smallest absolute Gasteiger partial charge is 0.162 e. The lowest BCUT2D eigenvalue weighted by molar-refractivity contribution is 0.585. The van der Waals surface area contributed by atoms with Crippen LogP contribution >= 0.6 is 0 Å². The minimum absolute atomic E-state index is 0.282. The predicted molar refractivity (Wildman–Crippen MR) is 67.9 cm³/mol. The molecule has 1 atom stereocenters. The van der Waals surface area contributed by atoms with E-state index in [4.69, 9.17) is 5.73 Å². The maximum absolute atomic E-state index is 11.8. The van der Waals surface area contributed by atoms with Crippen LogP contribution in [0.5, 0.6) is 0 Å². The highest BCUT2D eigenvalue weighted by Gasteiger charge is 2.32. The number of sulfone groups is 1. The summed E-state index contributed by atoms with van der Waals surface area (Å²) in [4.78, 5) is 0. The molecule has 1 aliphatic rings. The SMILES string of the molecule is Nc1cccc2nnc(CC3CCCS3(=O)=O)n12. The summed E-state index contributed by atoms with van der Waals surface area (Å²) in [6.07, 6.45) is 1.82. The topological polar surface area (TPSA) is 90.3 Å². The summed E-state index contributed by atoms with van der Waals surface area (Å²) < 4.78 is 25.4. The van der Waals surface area contributed by atoms with E-state index in [-0.39, 0.29) is 11.0 Å². The van der Waals surface area contributed by atoms with Crippen LogP contribution in [0.25, 0.3) is 5.65 Å². The van der Waals surface area contributed by atoms with Gasteiger partial charge in [0.1, 0.15) is 11.6 Å². The first-order valence-corrected chi connectivity index (χ1v) is 7.59. The molecule has 1 aliphatic heterocycles. The van der Waals surface area contributed by atoms with Crippen molar-refractivity contribution in [1.82, 2.24) is 14.6 Å². The number of hydrogen-bond donors (Lipinski definition) is 1. The van der Waals surface area contributed by atoms with Gasteiger partial charge in [-0.05, 0) is 25.0 Å². The standard InChI is InChI=1S/C11H14N4O2S/c12-9-4-1-5-10-13-14-11(15(9)10)7-8-3-2-6-18(8,16)17/h1,4-5,8H,2-3,6-7,12H2. The van der Waals surface area contributed by atoms with Crippen molar-refractivity contribution in [2.45, 2.75) is 24.5 Å². The van der Waals surface area contributed by atoms with Crippen LogP contribution in [0.2, 0.25) is 0 Å². The second-order valence-electron chi connectivity index (χ2n) is 4.60. The minimum Gasteiger partial charge on any atom is -0.385 e. The summed E-state index contributed by atoms with van der Waals surface area (Å²) in [6, 6.07) is 5.36. The summed E-state index contributed by atoms with van der Waals surface area (Å²) in [6.45, 7) is 0. The zero-order valence-corrected chi connectivity index (χ0v) is 10.6. The van der Waals surface area contributed by atoms with Crippen LogP contribution in [0.4, 0.5) is 5.82 Å². The highest BCUT2D eigenvalue weighted by atomic mass is 32.2. The molecule has 0 amide bonds. The number of nitrogens with zero attached hydrogens (tertiary/aromatic N) is 3. The van der Waals surface area contributed by atoms with Gasteiger partial charge in [-0.1, -0.05) is 6.07 Å². The van der Waals surface area contributed by atoms with E-state index in [0.29, 0.717) is 30.1 Å². The van der Waals surface area contributed by atoms with Gasteiger partial charge in [-0.3, -0.25) is 4.40 Å². The summed E-state index contributed by atoms with van der Waals surface area (Å²) in [7, 11) is -2.97. The number of anilines is 1. The van der Waals surface area contributed by atoms with Gasteiger partial charge in [0.15, 0.2) is 15.5 Å². The molecule has 1 unspecified atom stereocenters. The van der Waals surface area contributed by atoms with Crippen molar-refractivity contribution in [3.05, 3.63) is 24.0 Å². The molecule has 1 fully saturated rings. The number of hydrogen-bond acceptors (Lipinski definition) is 5. The number of nitrogens with two attached hydrogens (primary N) is 1. The molecule has 2 N–H and O–H groups in total. The van der Waals surface area contributed by atoms with E-state index in [1.807, 2.05) is 0 Å². The second kappa shape index (κ2) is 3.94. The van der Waals surface area contributed by atoms with Gasteiger partial charge in [-0.15, -0.1) is 10.2 Å². The van der Waals surface area contributed by atoms with Gasteiger partial charge < -0.3 is 5.73 Å². The van der Waals surface area contributed by atoms with Crippen LogP contribution in [0, 0.1) is 0 Å². The summed E-state index contributed by atoms with van der Waals surface area (Å²) in [5.41, 5.74) is 6.53. The van der Waals surface area contributed by atoms with Gasteiger partial charge >= 0.3 is 0 Å². The van der Waals surface area contributed by atoms with Crippen molar-refractivity contribution in [1.29, 1.82) is 0 Å². The fourth-order valence-electron chi connectivity index (χ4n) is 2.45. The highest BCUT2D eigenvalue weighted by molar-refractivity contribution is 7.92. The Kier molecular flexibility index (Phi) is 2.51. The fourth-order valence-corrected chi connectivity index (χ4v) is 4.28. The van der Waals surface area contributed by atoms with E-state index in [9.17, 15) is 8.42 Å². The second-order valence-corrected chi connectivity index (χ2v) is 7.00. The van der Waals surface area contributed by atoms with Crippen molar-refractivity contribution in [3.63, 3.8) is 0 Å². The highest BCUT2D eigenvalue weighted by Crippen LogP contribution is 2.23. The molecule has 3 rings (SSSR count). The third kappa shape index (κ3) is 1.74. The van der Waals surface area contributed by atoms with Gasteiger partial charge in [-0.25, -0.2) is 8.42 Å². The molecule has 0 radical (unpaired) electrons. The van der Waals surface area contributed by atoms with Crippen molar-refractivity contribution in [2.75, 3.05) is 11.5 Å². The van der Waals surface area contributed by atoms with Crippen LogP contribution in [0.1, 0.15) is 18.7 Å².